The van der Waals surface area contributed by atoms with E-state index in [1.165, 1.54) is 12.8 Å². The molecule has 2 nitrogen and oxygen atoms in total. The normalized spacial score (nSPS) is 23.1. The van der Waals surface area contributed by atoms with Crippen LogP contribution in [0, 0.1) is 5.92 Å². The number of hydrogen-bond donors (Lipinski definition) is 1. The standard InChI is InChI=1S/C14H16ClNO/c1-14(2)10-7-9(12(15)8-3-4-8)5-6-11(10)16-13(14)17/h5-8,12H,3-4H2,1-2H3,(H,16,17). The molecule has 90 valence electrons. The highest BCUT2D eigenvalue weighted by atomic mass is 35.5. The van der Waals surface area contributed by atoms with Crippen LogP contribution in [0.1, 0.15) is 43.2 Å². The molecule has 1 aromatic carbocycles. The van der Waals surface area contributed by atoms with Crippen molar-refractivity contribution in [1.82, 2.24) is 0 Å². The summed E-state index contributed by atoms with van der Waals surface area (Å²) < 4.78 is 0. The first kappa shape index (κ1) is 11.1. The molecule has 3 heteroatoms. The number of anilines is 1. The minimum Gasteiger partial charge on any atom is -0.325 e. The van der Waals surface area contributed by atoms with Gasteiger partial charge in [0.2, 0.25) is 5.91 Å². The number of rotatable bonds is 2. The molecule has 17 heavy (non-hydrogen) atoms. The summed E-state index contributed by atoms with van der Waals surface area (Å²) in [6.45, 7) is 3.91. The van der Waals surface area contributed by atoms with E-state index in [1.54, 1.807) is 0 Å². The van der Waals surface area contributed by atoms with Gasteiger partial charge in [0.05, 0.1) is 10.8 Å². The molecule has 0 bridgehead atoms. The Morgan fingerprint density at radius 1 is 1.41 bits per heavy atom. The lowest BCUT2D eigenvalue weighted by Crippen LogP contribution is -2.26. The predicted molar refractivity (Wildman–Crippen MR) is 69.4 cm³/mol. The Balaban J connectivity index is 2.02. The number of halogens is 1. The number of carbonyl (C=O) groups is 1. The van der Waals surface area contributed by atoms with Crippen LogP contribution in [0.15, 0.2) is 18.2 Å². The van der Waals surface area contributed by atoms with Gasteiger partial charge in [0.15, 0.2) is 0 Å². The van der Waals surface area contributed by atoms with Crippen LogP contribution < -0.4 is 5.32 Å². The van der Waals surface area contributed by atoms with Crippen molar-refractivity contribution in [3.05, 3.63) is 29.3 Å². The molecule has 3 rings (SSSR count). The third kappa shape index (κ3) is 1.66. The van der Waals surface area contributed by atoms with E-state index in [-0.39, 0.29) is 11.3 Å². The quantitative estimate of drug-likeness (QED) is 0.798. The molecule has 1 fully saturated rings. The van der Waals surface area contributed by atoms with E-state index in [0.29, 0.717) is 5.92 Å². The summed E-state index contributed by atoms with van der Waals surface area (Å²) >= 11 is 6.43. The van der Waals surface area contributed by atoms with Crippen molar-refractivity contribution < 1.29 is 4.79 Å². The van der Waals surface area contributed by atoms with Gasteiger partial charge in [-0.3, -0.25) is 4.79 Å². The van der Waals surface area contributed by atoms with E-state index in [2.05, 4.69) is 11.4 Å². The van der Waals surface area contributed by atoms with E-state index in [0.717, 1.165) is 16.8 Å². The van der Waals surface area contributed by atoms with Crippen LogP contribution in [0.4, 0.5) is 5.69 Å². The van der Waals surface area contributed by atoms with Gasteiger partial charge < -0.3 is 5.32 Å². The number of hydrogen-bond acceptors (Lipinski definition) is 1. The average Bonchev–Trinajstić information content (AvgIpc) is 3.09. The van der Waals surface area contributed by atoms with Crippen LogP contribution in [0.25, 0.3) is 0 Å². The lowest BCUT2D eigenvalue weighted by atomic mass is 9.85. The van der Waals surface area contributed by atoms with Crippen LogP contribution in [0.2, 0.25) is 0 Å². The smallest absolute Gasteiger partial charge is 0.234 e. The molecular formula is C14H16ClNO. The zero-order valence-electron chi connectivity index (χ0n) is 10.1. The summed E-state index contributed by atoms with van der Waals surface area (Å²) in [5, 5.41) is 3.02. The monoisotopic (exact) mass is 249 g/mol. The summed E-state index contributed by atoms with van der Waals surface area (Å²) in [4.78, 5) is 11.8. The van der Waals surface area contributed by atoms with E-state index in [1.807, 2.05) is 26.0 Å². The molecule has 1 unspecified atom stereocenters. The van der Waals surface area contributed by atoms with Crippen molar-refractivity contribution in [2.75, 3.05) is 5.32 Å². The highest BCUT2D eigenvalue weighted by molar-refractivity contribution is 6.21. The Morgan fingerprint density at radius 3 is 2.76 bits per heavy atom. The summed E-state index contributed by atoms with van der Waals surface area (Å²) in [6.07, 6.45) is 2.46. The van der Waals surface area contributed by atoms with Gasteiger partial charge in [0.1, 0.15) is 0 Å². The van der Waals surface area contributed by atoms with Crippen molar-refractivity contribution >= 4 is 23.2 Å². The molecule has 1 aromatic rings. The lowest BCUT2D eigenvalue weighted by molar-refractivity contribution is -0.119. The Hall–Kier alpha value is -1.02. The molecule has 0 radical (unpaired) electrons. The summed E-state index contributed by atoms with van der Waals surface area (Å²) in [5.41, 5.74) is 2.72. The first-order chi connectivity index (χ1) is 8.00. The third-order valence-electron chi connectivity index (χ3n) is 3.89. The second-order valence-corrected chi connectivity index (χ2v) is 6.09. The van der Waals surface area contributed by atoms with Crippen molar-refractivity contribution in [2.24, 2.45) is 5.92 Å². The predicted octanol–water partition coefficient (Wildman–Crippen LogP) is 3.61. The number of benzene rings is 1. The summed E-state index contributed by atoms with van der Waals surface area (Å²) in [7, 11) is 0. The zero-order valence-corrected chi connectivity index (χ0v) is 10.8. The SMILES string of the molecule is CC1(C)C(=O)Nc2ccc(C(Cl)C3CC3)cc21. The fourth-order valence-electron chi connectivity index (χ4n) is 2.42. The maximum atomic E-state index is 11.8. The third-order valence-corrected chi connectivity index (χ3v) is 4.50. The molecule has 0 saturated heterocycles. The Bertz CT molecular complexity index is 491. The second kappa shape index (κ2) is 3.49. The maximum Gasteiger partial charge on any atom is 0.234 e. The van der Waals surface area contributed by atoms with Gasteiger partial charge in [-0.2, -0.15) is 0 Å². The van der Waals surface area contributed by atoms with Gasteiger partial charge in [-0.05, 0) is 49.8 Å². The summed E-state index contributed by atoms with van der Waals surface area (Å²) in [5.74, 6) is 0.699. The molecular weight excluding hydrogens is 234 g/mol. The van der Waals surface area contributed by atoms with Gasteiger partial charge in [-0.25, -0.2) is 0 Å². The van der Waals surface area contributed by atoms with E-state index < -0.39 is 5.41 Å². The van der Waals surface area contributed by atoms with Crippen LogP contribution in [-0.4, -0.2) is 5.91 Å². The molecule has 2 aliphatic rings. The Morgan fingerprint density at radius 2 is 2.12 bits per heavy atom. The first-order valence-electron chi connectivity index (χ1n) is 6.10. The molecule has 0 spiro atoms. The number of carbonyl (C=O) groups excluding carboxylic acids is 1. The van der Waals surface area contributed by atoms with Crippen molar-refractivity contribution in [1.29, 1.82) is 0 Å². The molecule has 1 amide bonds. The summed E-state index contributed by atoms with van der Waals surface area (Å²) in [6, 6.07) is 6.12. The van der Waals surface area contributed by atoms with Crippen LogP contribution in [0.3, 0.4) is 0 Å². The molecule has 1 saturated carbocycles. The highest BCUT2D eigenvalue weighted by Gasteiger charge is 2.39. The van der Waals surface area contributed by atoms with Gasteiger partial charge in [-0.1, -0.05) is 12.1 Å². The first-order valence-corrected chi connectivity index (χ1v) is 6.54. The molecule has 1 aliphatic carbocycles. The minimum absolute atomic E-state index is 0.0715. The number of fused-ring (bicyclic) bond motifs is 1. The number of nitrogens with one attached hydrogen (secondary N) is 1. The largest absolute Gasteiger partial charge is 0.325 e. The lowest BCUT2D eigenvalue weighted by Gasteiger charge is -2.17. The highest BCUT2D eigenvalue weighted by Crippen LogP contribution is 2.47. The van der Waals surface area contributed by atoms with Gasteiger partial charge in [0.25, 0.3) is 0 Å². The number of amides is 1. The van der Waals surface area contributed by atoms with Crippen molar-refractivity contribution in [2.45, 2.75) is 37.5 Å². The van der Waals surface area contributed by atoms with Crippen LogP contribution in [-0.2, 0) is 10.2 Å². The molecule has 1 heterocycles. The topological polar surface area (TPSA) is 29.1 Å². The molecule has 1 aliphatic heterocycles. The van der Waals surface area contributed by atoms with E-state index in [4.69, 9.17) is 11.6 Å². The van der Waals surface area contributed by atoms with Crippen LogP contribution in [0.5, 0.6) is 0 Å². The Labute approximate surface area is 106 Å². The average molecular weight is 250 g/mol. The van der Waals surface area contributed by atoms with Crippen molar-refractivity contribution in [3.8, 4) is 0 Å². The van der Waals surface area contributed by atoms with E-state index in [9.17, 15) is 4.79 Å². The maximum absolute atomic E-state index is 11.8. The number of alkyl halides is 1. The van der Waals surface area contributed by atoms with Crippen molar-refractivity contribution in [3.63, 3.8) is 0 Å². The fraction of sp³-hybridized carbons (Fsp3) is 0.500. The van der Waals surface area contributed by atoms with Gasteiger partial charge in [0, 0.05) is 5.69 Å². The Kier molecular flexibility index (Phi) is 2.27. The van der Waals surface area contributed by atoms with Gasteiger partial charge in [-0.15, -0.1) is 11.6 Å². The van der Waals surface area contributed by atoms with Gasteiger partial charge >= 0.3 is 0 Å². The second-order valence-electron chi connectivity index (χ2n) is 5.62. The molecule has 1 N–H and O–H groups in total. The molecule has 1 atom stereocenters. The minimum atomic E-state index is -0.439. The fourth-order valence-corrected chi connectivity index (χ4v) is 2.81. The van der Waals surface area contributed by atoms with Crippen LogP contribution >= 0.6 is 11.6 Å². The zero-order chi connectivity index (χ0) is 12.2. The molecule has 0 aromatic heterocycles. The van der Waals surface area contributed by atoms with E-state index >= 15 is 0 Å².